The van der Waals surface area contributed by atoms with E-state index in [0.717, 1.165) is 0 Å². The first kappa shape index (κ1) is 11.5. The second-order valence-corrected chi connectivity index (χ2v) is 3.85. The van der Waals surface area contributed by atoms with Crippen molar-refractivity contribution in [3.63, 3.8) is 0 Å². The Balaban J connectivity index is 1.87. The third-order valence-corrected chi connectivity index (χ3v) is 2.56. The normalized spacial score (nSPS) is 25.1. The van der Waals surface area contributed by atoms with Crippen molar-refractivity contribution in [2.24, 2.45) is 0 Å². The molecule has 0 radical (unpaired) electrons. The molecule has 0 aliphatic carbocycles. The summed E-state index contributed by atoms with van der Waals surface area (Å²) in [6, 6.07) is -0.0108. The third-order valence-electron chi connectivity index (χ3n) is 2.56. The maximum atomic E-state index is 9.37. The molecule has 6 heteroatoms. The minimum Gasteiger partial charge on any atom is -0.392 e. The van der Waals surface area contributed by atoms with E-state index < -0.39 is 0 Å². The number of aliphatic hydroxyl groups is 1. The second kappa shape index (κ2) is 5.38. The Morgan fingerprint density at radius 3 is 3.19 bits per heavy atom. The van der Waals surface area contributed by atoms with Crippen LogP contribution >= 0.6 is 0 Å². The van der Waals surface area contributed by atoms with Crippen molar-refractivity contribution in [1.82, 2.24) is 15.5 Å². The van der Waals surface area contributed by atoms with Crippen LogP contribution in [0.3, 0.4) is 0 Å². The van der Waals surface area contributed by atoms with E-state index in [0.29, 0.717) is 44.3 Å². The van der Waals surface area contributed by atoms with Crippen molar-refractivity contribution < 1.29 is 14.4 Å². The number of aromatic nitrogens is 2. The molecule has 2 atom stereocenters. The number of aliphatic hydroxyl groups excluding tert-OH is 1. The lowest BCUT2D eigenvalue weighted by Crippen LogP contribution is -2.15. The Bertz CT molecular complexity index is 329. The van der Waals surface area contributed by atoms with Crippen molar-refractivity contribution in [1.29, 1.82) is 0 Å². The highest BCUT2D eigenvalue weighted by atomic mass is 16.5. The lowest BCUT2D eigenvalue weighted by molar-refractivity contribution is 0.149. The molecule has 1 aromatic rings. The van der Waals surface area contributed by atoms with Crippen molar-refractivity contribution in [3.8, 4) is 0 Å². The van der Waals surface area contributed by atoms with Crippen molar-refractivity contribution in [2.45, 2.75) is 31.9 Å². The summed E-state index contributed by atoms with van der Waals surface area (Å²) in [5.41, 5.74) is 0. The summed E-state index contributed by atoms with van der Waals surface area (Å²) in [4.78, 5) is 4.27. The fourth-order valence-corrected chi connectivity index (χ4v) is 1.72. The first-order chi connectivity index (χ1) is 7.79. The van der Waals surface area contributed by atoms with Gasteiger partial charge in [-0.2, -0.15) is 4.98 Å². The molecule has 0 amide bonds. The number of ether oxygens (including phenoxy) is 1. The minimum atomic E-state index is -0.316. The van der Waals surface area contributed by atoms with Crippen LogP contribution in [0.15, 0.2) is 4.52 Å². The van der Waals surface area contributed by atoms with Gasteiger partial charge in [0.2, 0.25) is 5.89 Å². The molecule has 2 N–H and O–H groups in total. The van der Waals surface area contributed by atoms with Crippen LogP contribution in [0.2, 0.25) is 0 Å². The molecule has 0 saturated carbocycles. The standard InChI is InChI=1S/C10H17N3O3/c1-2-15-4-3-9-12-10(16-13-9)8-5-7(14)6-11-8/h7-8,11,14H,2-6H2,1H3. The molecule has 1 saturated heterocycles. The monoisotopic (exact) mass is 227 g/mol. The van der Waals surface area contributed by atoms with Crippen LogP contribution in [0.5, 0.6) is 0 Å². The molecule has 90 valence electrons. The van der Waals surface area contributed by atoms with Crippen molar-refractivity contribution in [2.75, 3.05) is 19.8 Å². The maximum absolute atomic E-state index is 9.37. The molecule has 1 aliphatic heterocycles. The zero-order valence-corrected chi connectivity index (χ0v) is 9.35. The Kier molecular flexibility index (Phi) is 3.87. The van der Waals surface area contributed by atoms with E-state index in [1.165, 1.54) is 0 Å². The Morgan fingerprint density at radius 1 is 1.62 bits per heavy atom. The van der Waals surface area contributed by atoms with Gasteiger partial charge in [0.25, 0.3) is 0 Å². The zero-order chi connectivity index (χ0) is 11.4. The van der Waals surface area contributed by atoms with E-state index in [-0.39, 0.29) is 12.1 Å². The zero-order valence-electron chi connectivity index (χ0n) is 9.35. The highest BCUT2D eigenvalue weighted by Gasteiger charge is 2.27. The summed E-state index contributed by atoms with van der Waals surface area (Å²) >= 11 is 0. The fourth-order valence-electron chi connectivity index (χ4n) is 1.72. The van der Waals surface area contributed by atoms with Crippen LogP contribution in [-0.4, -0.2) is 41.1 Å². The van der Waals surface area contributed by atoms with Crippen LogP contribution in [0.1, 0.15) is 31.1 Å². The van der Waals surface area contributed by atoms with Crippen molar-refractivity contribution in [3.05, 3.63) is 11.7 Å². The van der Waals surface area contributed by atoms with Gasteiger partial charge >= 0.3 is 0 Å². The van der Waals surface area contributed by atoms with Crippen molar-refractivity contribution >= 4 is 0 Å². The van der Waals surface area contributed by atoms with Gasteiger partial charge in [-0.05, 0) is 13.3 Å². The SMILES string of the molecule is CCOCCc1noc(C2CC(O)CN2)n1. The van der Waals surface area contributed by atoms with Gasteiger partial charge in [-0.15, -0.1) is 0 Å². The molecular weight excluding hydrogens is 210 g/mol. The molecule has 6 nitrogen and oxygen atoms in total. The molecule has 0 bridgehead atoms. The summed E-state index contributed by atoms with van der Waals surface area (Å²) in [7, 11) is 0. The van der Waals surface area contributed by atoms with E-state index in [1.54, 1.807) is 0 Å². The van der Waals surface area contributed by atoms with E-state index in [1.807, 2.05) is 6.92 Å². The molecule has 16 heavy (non-hydrogen) atoms. The number of β-amino-alcohol motifs (C(OH)–C–C–N with tert-alkyl or cyclic N) is 1. The Morgan fingerprint density at radius 2 is 2.50 bits per heavy atom. The van der Waals surface area contributed by atoms with Crippen LogP contribution in [0, 0.1) is 0 Å². The number of nitrogens with one attached hydrogen (secondary N) is 1. The van der Waals surface area contributed by atoms with Gasteiger partial charge in [0.1, 0.15) is 0 Å². The average molecular weight is 227 g/mol. The summed E-state index contributed by atoms with van der Waals surface area (Å²) in [5.74, 6) is 1.22. The first-order valence-electron chi connectivity index (χ1n) is 5.61. The second-order valence-electron chi connectivity index (χ2n) is 3.85. The van der Waals surface area contributed by atoms with E-state index in [9.17, 15) is 5.11 Å². The molecule has 1 fully saturated rings. The molecule has 2 rings (SSSR count). The van der Waals surface area contributed by atoms with Gasteiger partial charge in [-0.1, -0.05) is 5.16 Å². The third kappa shape index (κ3) is 2.78. The number of nitrogens with zero attached hydrogens (tertiary/aromatic N) is 2. The topological polar surface area (TPSA) is 80.4 Å². The van der Waals surface area contributed by atoms with Crippen LogP contribution in [-0.2, 0) is 11.2 Å². The lowest BCUT2D eigenvalue weighted by atomic mass is 10.2. The molecule has 2 heterocycles. The number of hydrogen-bond acceptors (Lipinski definition) is 6. The molecule has 0 spiro atoms. The van der Waals surface area contributed by atoms with Crippen LogP contribution in [0.25, 0.3) is 0 Å². The predicted molar refractivity (Wildman–Crippen MR) is 55.9 cm³/mol. The molecule has 0 aromatic carbocycles. The summed E-state index contributed by atoms with van der Waals surface area (Å²) in [6.45, 7) is 3.84. The largest absolute Gasteiger partial charge is 0.392 e. The quantitative estimate of drug-likeness (QED) is 0.691. The van der Waals surface area contributed by atoms with E-state index >= 15 is 0 Å². The molecular formula is C10H17N3O3. The van der Waals surface area contributed by atoms with Gasteiger partial charge in [-0.3, -0.25) is 0 Å². The van der Waals surface area contributed by atoms with Gasteiger partial charge < -0.3 is 19.7 Å². The molecule has 2 unspecified atom stereocenters. The van der Waals surface area contributed by atoms with Gasteiger partial charge in [0.15, 0.2) is 5.82 Å². The Labute approximate surface area is 94.0 Å². The van der Waals surface area contributed by atoms with Gasteiger partial charge in [0, 0.05) is 19.6 Å². The summed E-state index contributed by atoms with van der Waals surface area (Å²) in [5, 5.41) is 16.4. The minimum absolute atomic E-state index is 0.0108. The van der Waals surface area contributed by atoms with E-state index in [4.69, 9.17) is 9.26 Å². The smallest absolute Gasteiger partial charge is 0.243 e. The highest BCUT2D eigenvalue weighted by Crippen LogP contribution is 2.21. The Hall–Kier alpha value is -0.980. The van der Waals surface area contributed by atoms with Crippen LogP contribution < -0.4 is 5.32 Å². The summed E-state index contributed by atoms with van der Waals surface area (Å²) in [6.07, 6.45) is 0.975. The number of rotatable bonds is 5. The summed E-state index contributed by atoms with van der Waals surface area (Å²) < 4.78 is 10.3. The maximum Gasteiger partial charge on any atom is 0.243 e. The molecule has 1 aromatic heterocycles. The predicted octanol–water partition coefficient (Wildman–Crippen LogP) is 0.0439. The molecule has 1 aliphatic rings. The van der Waals surface area contributed by atoms with Crippen LogP contribution in [0.4, 0.5) is 0 Å². The fraction of sp³-hybridized carbons (Fsp3) is 0.800. The lowest BCUT2D eigenvalue weighted by Gasteiger charge is -2.01. The number of hydrogen-bond donors (Lipinski definition) is 2. The van der Waals surface area contributed by atoms with E-state index in [2.05, 4.69) is 15.5 Å². The average Bonchev–Trinajstić information content (AvgIpc) is 2.87. The van der Waals surface area contributed by atoms with Gasteiger partial charge in [0.05, 0.1) is 18.8 Å². The highest BCUT2D eigenvalue weighted by molar-refractivity contribution is 4.97. The van der Waals surface area contributed by atoms with Gasteiger partial charge in [-0.25, -0.2) is 0 Å². The first-order valence-corrected chi connectivity index (χ1v) is 5.61.